The van der Waals surface area contributed by atoms with Crippen molar-refractivity contribution in [3.63, 3.8) is 0 Å². The summed E-state index contributed by atoms with van der Waals surface area (Å²) in [5.74, 6) is 2.52. The lowest BCUT2D eigenvalue weighted by Gasteiger charge is -2.39. The van der Waals surface area contributed by atoms with E-state index in [0.717, 1.165) is 18.8 Å². The van der Waals surface area contributed by atoms with Crippen LogP contribution in [0.5, 0.6) is 11.5 Å². The van der Waals surface area contributed by atoms with Gasteiger partial charge in [0.1, 0.15) is 6.10 Å². The zero-order chi connectivity index (χ0) is 15.0. The molecule has 0 N–H and O–H groups in total. The number of carbonyl (C=O) groups excluding carboxylic acids is 1. The van der Waals surface area contributed by atoms with E-state index in [0.29, 0.717) is 17.6 Å². The number of hydrogen-bond donors (Lipinski definition) is 0. The number of rotatable bonds is 1. The Labute approximate surface area is 126 Å². The van der Waals surface area contributed by atoms with Crippen molar-refractivity contribution in [3.05, 3.63) is 24.3 Å². The highest BCUT2D eigenvalue weighted by molar-refractivity contribution is 5.82. The minimum Gasteiger partial charge on any atom is -0.482 e. The highest BCUT2D eigenvalue weighted by Crippen LogP contribution is 2.34. The lowest BCUT2D eigenvalue weighted by Crippen LogP contribution is -2.53. The Hall–Kier alpha value is -1.71. The average Bonchev–Trinajstić information content (AvgIpc) is 2.44. The third-order valence-electron chi connectivity index (χ3n) is 4.27. The van der Waals surface area contributed by atoms with Gasteiger partial charge in [-0.15, -0.1) is 0 Å². The molecule has 0 radical (unpaired) electrons. The van der Waals surface area contributed by atoms with Crippen LogP contribution in [0.3, 0.4) is 0 Å². The Balaban J connectivity index is 1.76. The zero-order valence-electron chi connectivity index (χ0n) is 12.9. The van der Waals surface area contributed by atoms with Gasteiger partial charge >= 0.3 is 0 Å². The average molecular weight is 289 g/mol. The topological polar surface area (TPSA) is 38.8 Å². The first kappa shape index (κ1) is 14.2. The van der Waals surface area contributed by atoms with Crippen LogP contribution in [0.15, 0.2) is 24.3 Å². The summed E-state index contributed by atoms with van der Waals surface area (Å²) in [7, 11) is 0. The fourth-order valence-corrected chi connectivity index (χ4v) is 3.41. The van der Waals surface area contributed by atoms with E-state index in [2.05, 4.69) is 13.8 Å². The molecule has 1 aromatic rings. The fourth-order valence-electron chi connectivity index (χ4n) is 3.41. The van der Waals surface area contributed by atoms with Gasteiger partial charge in [-0.3, -0.25) is 4.79 Å². The van der Waals surface area contributed by atoms with Gasteiger partial charge in [-0.2, -0.15) is 0 Å². The van der Waals surface area contributed by atoms with Crippen molar-refractivity contribution in [1.82, 2.24) is 4.90 Å². The van der Waals surface area contributed by atoms with Crippen LogP contribution in [0.25, 0.3) is 0 Å². The predicted octanol–water partition coefficient (Wildman–Crippen LogP) is 2.72. The Morgan fingerprint density at radius 3 is 2.24 bits per heavy atom. The molecule has 21 heavy (non-hydrogen) atoms. The fraction of sp³-hybridized carbons (Fsp3) is 0.588. The first-order valence-electron chi connectivity index (χ1n) is 7.75. The van der Waals surface area contributed by atoms with E-state index in [4.69, 9.17) is 9.47 Å². The van der Waals surface area contributed by atoms with E-state index in [9.17, 15) is 4.79 Å². The third kappa shape index (κ3) is 2.85. The van der Waals surface area contributed by atoms with Crippen molar-refractivity contribution in [1.29, 1.82) is 0 Å². The second-order valence-corrected chi connectivity index (χ2v) is 6.50. The standard InChI is InChI=1S/C17H23NO3/c1-11-8-12(2)10-18(9-11)17(19)16-13(3)20-14-6-4-5-7-15(14)21-16/h4-7,11-13,16H,8-10H2,1-3H3. The van der Waals surface area contributed by atoms with E-state index in [1.807, 2.05) is 36.1 Å². The monoisotopic (exact) mass is 289 g/mol. The summed E-state index contributed by atoms with van der Waals surface area (Å²) in [5, 5.41) is 0. The third-order valence-corrected chi connectivity index (χ3v) is 4.27. The summed E-state index contributed by atoms with van der Waals surface area (Å²) in [4.78, 5) is 14.7. The van der Waals surface area contributed by atoms with Crippen LogP contribution in [-0.4, -0.2) is 36.1 Å². The molecular formula is C17H23NO3. The van der Waals surface area contributed by atoms with Crippen molar-refractivity contribution in [2.45, 2.75) is 39.4 Å². The molecule has 2 aliphatic rings. The summed E-state index contributed by atoms with van der Waals surface area (Å²) < 4.78 is 11.8. The van der Waals surface area contributed by atoms with E-state index >= 15 is 0 Å². The molecule has 0 spiro atoms. The van der Waals surface area contributed by atoms with Crippen LogP contribution in [0, 0.1) is 11.8 Å². The molecule has 0 saturated carbocycles. The molecule has 1 aromatic carbocycles. The maximum Gasteiger partial charge on any atom is 0.267 e. The highest BCUT2D eigenvalue weighted by atomic mass is 16.6. The maximum atomic E-state index is 12.8. The number of ether oxygens (including phenoxy) is 2. The number of piperidine rings is 1. The van der Waals surface area contributed by atoms with E-state index in [1.165, 1.54) is 6.42 Å². The molecule has 2 heterocycles. The van der Waals surface area contributed by atoms with Gasteiger partial charge in [-0.25, -0.2) is 0 Å². The largest absolute Gasteiger partial charge is 0.482 e. The Morgan fingerprint density at radius 2 is 1.62 bits per heavy atom. The van der Waals surface area contributed by atoms with Crippen molar-refractivity contribution in [2.75, 3.05) is 13.1 Å². The van der Waals surface area contributed by atoms with Crippen LogP contribution in [-0.2, 0) is 4.79 Å². The SMILES string of the molecule is CC1CC(C)CN(C(=O)C2Oc3ccccc3OC2C)C1. The summed E-state index contributed by atoms with van der Waals surface area (Å²) >= 11 is 0. The van der Waals surface area contributed by atoms with Gasteiger partial charge in [0.15, 0.2) is 11.5 Å². The zero-order valence-corrected chi connectivity index (χ0v) is 12.9. The van der Waals surface area contributed by atoms with Crippen LogP contribution in [0.4, 0.5) is 0 Å². The summed E-state index contributed by atoms with van der Waals surface area (Å²) in [6, 6.07) is 7.52. The number of amides is 1. The van der Waals surface area contributed by atoms with E-state index in [1.54, 1.807) is 0 Å². The first-order chi connectivity index (χ1) is 10.0. The number of para-hydroxylation sites is 2. The maximum absolute atomic E-state index is 12.8. The molecule has 4 unspecified atom stereocenters. The predicted molar refractivity (Wildman–Crippen MR) is 80.5 cm³/mol. The smallest absolute Gasteiger partial charge is 0.267 e. The minimum absolute atomic E-state index is 0.0513. The second-order valence-electron chi connectivity index (χ2n) is 6.50. The first-order valence-corrected chi connectivity index (χ1v) is 7.75. The quantitative estimate of drug-likeness (QED) is 0.798. The molecule has 0 aliphatic carbocycles. The number of hydrogen-bond acceptors (Lipinski definition) is 3. The molecule has 1 fully saturated rings. The van der Waals surface area contributed by atoms with E-state index in [-0.39, 0.29) is 12.0 Å². The van der Waals surface area contributed by atoms with Crippen molar-refractivity contribution in [2.24, 2.45) is 11.8 Å². The number of carbonyl (C=O) groups is 1. The molecule has 4 heteroatoms. The van der Waals surface area contributed by atoms with Gasteiger partial charge in [-0.1, -0.05) is 26.0 Å². The molecule has 1 amide bonds. The van der Waals surface area contributed by atoms with Crippen LogP contribution >= 0.6 is 0 Å². The summed E-state index contributed by atoms with van der Waals surface area (Å²) in [6.45, 7) is 7.93. The van der Waals surface area contributed by atoms with E-state index < -0.39 is 6.10 Å². The Bertz CT molecular complexity index is 521. The molecular weight excluding hydrogens is 266 g/mol. The van der Waals surface area contributed by atoms with Gasteiger partial charge < -0.3 is 14.4 Å². The van der Waals surface area contributed by atoms with Gasteiger partial charge in [-0.05, 0) is 37.3 Å². The number of benzene rings is 1. The number of nitrogens with zero attached hydrogens (tertiary/aromatic N) is 1. The van der Waals surface area contributed by atoms with Gasteiger partial charge in [0.05, 0.1) is 0 Å². The normalized spacial score (nSPS) is 31.9. The minimum atomic E-state index is -0.544. The molecule has 114 valence electrons. The molecule has 2 aliphatic heterocycles. The Morgan fingerprint density at radius 1 is 1.05 bits per heavy atom. The van der Waals surface area contributed by atoms with Crippen molar-refractivity contribution < 1.29 is 14.3 Å². The highest BCUT2D eigenvalue weighted by Gasteiger charge is 2.38. The van der Waals surface area contributed by atoms with Crippen LogP contribution in [0.1, 0.15) is 27.2 Å². The molecule has 3 rings (SSSR count). The van der Waals surface area contributed by atoms with Crippen LogP contribution < -0.4 is 9.47 Å². The summed E-state index contributed by atoms with van der Waals surface area (Å²) in [6.07, 6.45) is 0.377. The Kier molecular flexibility index (Phi) is 3.79. The molecule has 1 saturated heterocycles. The van der Waals surface area contributed by atoms with Gasteiger partial charge in [0.25, 0.3) is 5.91 Å². The summed E-state index contributed by atoms with van der Waals surface area (Å²) in [5.41, 5.74) is 0. The lowest BCUT2D eigenvalue weighted by atomic mass is 9.91. The lowest BCUT2D eigenvalue weighted by molar-refractivity contribution is -0.147. The molecule has 0 bridgehead atoms. The number of fused-ring (bicyclic) bond motifs is 1. The van der Waals surface area contributed by atoms with Crippen molar-refractivity contribution >= 4 is 5.91 Å². The van der Waals surface area contributed by atoms with Crippen molar-refractivity contribution in [3.8, 4) is 11.5 Å². The van der Waals surface area contributed by atoms with Gasteiger partial charge in [0.2, 0.25) is 6.10 Å². The molecule has 4 atom stereocenters. The number of likely N-dealkylation sites (tertiary alicyclic amines) is 1. The molecule has 4 nitrogen and oxygen atoms in total. The molecule has 0 aromatic heterocycles. The van der Waals surface area contributed by atoms with Gasteiger partial charge in [0, 0.05) is 13.1 Å². The second kappa shape index (κ2) is 5.58. The van der Waals surface area contributed by atoms with Crippen LogP contribution in [0.2, 0.25) is 0 Å².